The average molecular weight is 344 g/mol. The molecule has 0 radical (unpaired) electrons. The zero-order valence-electron chi connectivity index (χ0n) is 13.4. The second-order valence-electron chi connectivity index (χ2n) is 6.44. The van der Waals surface area contributed by atoms with Gasteiger partial charge in [0.2, 0.25) is 0 Å². The molecular formula is C16H19F3N2O3. The van der Waals surface area contributed by atoms with Crippen LogP contribution < -0.4 is 0 Å². The molecule has 1 aromatic rings. The quantitative estimate of drug-likeness (QED) is 0.893. The Morgan fingerprint density at radius 2 is 2.21 bits per heavy atom. The molecule has 3 atom stereocenters. The number of amides is 1. The fraction of sp³-hybridized carbons (Fsp3) is 0.625. The number of carbonyl (C=O) groups excluding carboxylic acids is 1. The van der Waals surface area contributed by atoms with Crippen molar-refractivity contribution in [3.63, 3.8) is 0 Å². The summed E-state index contributed by atoms with van der Waals surface area (Å²) in [5.74, 6) is -2.12. The molecule has 24 heavy (non-hydrogen) atoms. The normalized spacial score (nSPS) is 30.2. The van der Waals surface area contributed by atoms with Crippen LogP contribution in [-0.2, 0) is 0 Å². The number of hydrazone groups is 1. The van der Waals surface area contributed by atoms with Crippen LogP contribution in [0.25, 0.3) is 0 Å². The summed E-state index contributed by atoms with van der Waals surface area (Å²) in [6.45, 7) is 3.48. The minimum absolute atomic E-state index is 0.0729. The lowest BCUT2D eigenvalue weighted by molar-refractivity contribution is -0.313. The largest absolute Gasteiger partial charge is 0.456 e. The molecule has 0 saturated heterocycles. The van der Waals surface area contributed by atoms with Gasteiger partial charge in [0.15, 0.2) is 5.76 Å². The van der Waals surface area contributed by atoms with Crippen molar-refractivity contribution in [2.45, 2.75) is 51.4 Å². The van der Waals surface area contributed by atoms with Gasteiger partial charge >= 0.3 is 12.1 Å². The van der Waals surface area contributed by atoms with E-state index in [1.54, 1.807) is 6.92 Å². The van der Waals surface area contributed by atoms with Crippen molar-refractivity contribution < 1.29 is 27.5 Å². The molecule has 2 heterocycles. The zero-order valence-corrected chi connectivity index (χ0v) is 13.4. The maximum atomic E-state index is 13.7. The van der Waals surface area contributed by atoms with E-state index in [9.17, 15) is 23.1 Å². The van der Waals surface area contributed by atoms with Crippen LogP contribution in [0.5, 0.6) is 0 Å². The Kier molecular flexibility index (Phi) is 3.98. The molecule has 8 heteroatoms. The van der Waals surface area contributed by atoms with E-state index in [0.29, 0.717) is 18.6 Å². The van der Waals surface area contributed by atoms with Crippen LogP contribution in [0.2, 0.25) is 0 Å². The van der Waals surface area contributed by atoms with Crippen molar-refractivity contribution >= 4 is 11.6 Å². The minimum Gasteiger partial charge on any atom is -0.456 e. The number of alkyl halides is 3. The fourth-order valence-electron chi connectivity index (χ4n) is 3.52. The van der Waals surface area contributed by atoms with Gasteiger partial charge in [-0.2, -0.15) is 23.3 Å². The van der Waals surface area contributed by atoms with Crippen LogP contribution in [-0.4, -0.2) is 33.6 Å². The van der Waals surface area contributed by atoms with E-state index in [1.807, 2.05) is 6.92 Å². The van der Waals surface area contributed by atoms with E-state index in [0.717, 1.165) is 6.42 Å². The molecule has 0 bridgehead atoms. The zero-order chi connectivity index (χ0) is 17.7. The molecular weight excluding hydrogens is 325 g/mol. The molecule has 2 aliphatic rings. The first-order valence-corrected chi connectivity index (χ1v) is 7.96. The van der Waals surface area contributed by atoms with Crippen molar-refractivity contribution in [3.05, 3.63) is 23.7 Å². The summed E-state index contributed by atoms with van der Waals surface area (Å²) in [5.41, 5.74) is -3.09. The first kappa shape index (κ1) is 17.0. The summed E-state index contributed by atoms with van der Waals surface area (Å²) in [7, 11) is 0. The Bertz CT molecular complexity index is 682. The molecule has 1 amide bonds. The first-order valence-electron chi connectivity index (χ1n) is 7.96. The van der Waals surface area contributed by atoms with Gasteiger partial charge in [0.05, 0.1) is 5.92 Å². The van der Waals surface area contributed by atoms with E-state index in [-0.39, 0.29) is 28.8 Å². The van der Waals surface area contributed by atoms with Crippen LogP contribution in [0.15, 0.2) is 21.7 Å². The van der Waals surface area contributed by atoms with Gasteiger partial charge in [0.25, 0.3) is 5.72 Å². The van der Waals surface area contributed by atoms with E-state index in [2.05, 4.69) is 5.10 Å². The average Bonchev–Trinajstić information content (AvgIpc) is 3.08. The van der Waals surface area contributed by atoms with Gasteiger partial charge in [-0.15, -0.1) is 0 Å². The van der Waals surface area contributed by atoms with Crippen LogP contribution in [0.3, 0.4) is 0 Å². The summed E-state index contributed by atoms with van der Waals surface area (Å²) < 4.78 is 46.3. The lowest BCUT2D eigenvalue weighted by Crippen LogP contribution is -2.61. The second-order valence-corrected chi connectivity index (χ2v) is 6.44. The number of furan rings is 1. The van der Waals surface area contributed by atoms with Gasteiger partial charge in [-0.3, -0.25) is 4.79 Å². The molecule has 1 aliphatic carbocycles. The van der Waals surface area contributed by atoms with Gasteiger partial charge < -0.3 is 9.52 Å². The Morgan fingerprint density at radius 3 is 2.75 bits per heavy atom. The van der Waals surface area contributed by atoms with E-state index < -0.39 is 23.7 Å². The monoisotopic (exact) mass is 344 g/mol. The highest BCUT2D eigenvalue weighted by Gasteiger charge is 2.69. The molecule has 1 aliphatic heterocycles. The molecule has 1 fully saturated rings. The molecule has 5 nitrogen and oxygen atoms in total. The van der Waals surface area contributed by atoms with E-state index in [1.165, 1.54) is 12.1 Å². The van der Waals surface area contributed by atoms with E-state index in [4.69, 9.17) is 4.42 Å². The number of hydrogen-bond donors (Lipinski definition) is 1. The highest BCUT2D eigenvalue weighted by Crippen LogP contribution is 2.50. The molecule has 132 valence electrons. The van der Waals surface area contributed by atoms with Crippen molar-refractivity contribution in [1.82, 2.24) is 5.01 Å². The second kappa shape index (κ2) is 5.61. The number of hydrogen-bond acceptors (Lipinski definition) is 4. The standard InChI is InChI=1S/C16H19F3N2O3/c1-3-10-5-6-12-11(8-10)15(23,16(17,18)19)21(20-12)14(22)13-7-4-9(2)24-13/h4,7,10-11,23H,3,5-6,8H2,1-2H3/t10-,11+,15+/m0/s1. The Labute approximate surface area is 137 Å². The highest BCUT2D eigenvalue weighted by atomic mass is 19.4. The topological polar surface area (TPSA) is 66.0 Å². The summed E-state index contributed by atoms with van der Waals surface area (Å²) >= 11 is 0. The summed E-state index contributed by atoms with van der Waals surface area (Å²) in [4.78, 5) is 12.5. The maximum Gasteiger partial charge on any atom is 0.439 e. The Hall–Kier alpha value is -1.83. The molecule has 3 rings (SSSR count). The lowest BCUT2D eigenvalue weighted by Gasteiger charge is -2.39. The Morgan fingerprint density at radius 1 is 1.50 bits per heavy atom. The van der Waals surface area contributed by atoms with Crippen molar-refractivity contribution in [1.29, 1.82) is 0 Å². The molecule has 1 saturated carbocycles. The smallest absolute Gasteiger partial charge is 0.439 e. The molecule has 1 N–H and O–H groups in total. The summed E-state index contributed by atoms with van der Waals surface area (Å²) in [5, 5.41) is 14.6. The summed E-state index contributed by atoms with van der Waals surface area (Å²) in [6, 6.07) is 2.76. The van der Waals surface area contributed by atoms with Crippen molar-refractivity contribution in [3.8, 4) is 0 Å². The number of halogens is 3. The number of fused-ring (bicyclic) bond motifs is 1. The SMILES string of the molecule is CC[C@H]1CCC2=NN(C(=O)c3ccc(C)o3)[C@](O)(C(F)(F)F)[C@@H]2C1. The van der Waals surface area contributed by atoms with Gasteiger partial charge in [-0.05, 0) is 44.2 Å². The van der Waals surface area contributed by atoms with E-state index >= 15 is 0 Å². The molecule has 0 unspecified atom stereocenters. The number of aryl methyl sites for hydroxylation is 1. The van der Waals surface area contributed by atoms with Gasteiger partial charge in [0, 0.05) is 5.71 Å². The molecule has 0 aromatic carbocycles. The van der Waals surface area contributed by atoms with Gasteiger partial charge in [-0.25, -0.2) is 0 Å². The Balaban J connectivity index is 2.01. The third kappa shape index (κ3) is 2.44. The van der Waals surface area contributed by atoms with Crippen LogP contribution in [0.4, 0.5) is 13.2 Å². The molecule has 0 spiro atoms. The third-order valence-electron chi connectivity index (χ3n) is 4.96. The van der Waals surface area contributed by atoms with Crippen LogP contribution >= 0.6 is 0 Å². The first-order chi connectivity index (χ1) is 11.2. The predicted octanol–water partition coefficient (Wildman–Crippen LogP) is 3.48. The number of carbonyl (C=O) groups is 1. The summed E-state index contributed by atoms with van der Waals surface area (Å²) in [6.07, 6.45) is -3.07. The number of aliphatic hydroxyl groups is 1. The lowest BCUT2D eigenvalue weighted by atomic mass is 9.74. The van der Waals surface area contributed by atoms with Gasteiger partial charge in [0.1, 0.15) is 5.76 Å². The maximum absolute atomic E-state index is 13.7. The molecule has 1 aromatic heterocycles. The number of nitrogens with zero attached hydrogens (tertiary/aromatic N) is 2. The minimum atomic E-state index is -5.02. The highest BCUT2D eigenvalue weighted by molar-refractivity contribution is 5.98. The fourth-order valence-corrected chi connectivity index (χ4v) is 3.52. The predicted molar refractivity (Wildman–Crippen MR) is 79.2 cm³/mol. The third-order valence-corrected chi connectivity index (χ3v) is 4.96. The van der Waals surface area contributed by atoms with Crippen molar-refractivity contribution in [2.24, 2.45) is 16.9 Å². The van der Waals surface area contributed by atoms with Crippen molar-refractivity contribution in [2.75, 3.05) is 0 Å². The van der Waals surface area contributed by atoms with Crippen LogP contribution in [0.1, 0.15) is 48.9 Å². The number of rotatable bonds is 2. The van der Waals surface area contributed by atoms with Gasteiger partial charge in [-0.1, -0.05) is 13.3 Å². The van der Waals surface area contributed by atoms with Crippen LogP contribution in [0, 0.1) is 18.8 Å².